The van der Waals surface area contributed by atoms with E-state index in [1.54, 1.807) is 11.8 Å². The number of ether oxygens (including phenoxy) is 1. The Morgan fingerprint density at radius 2 is 1.61 bits per heavy atom. The number of aliphatic imine (C=N–C) groups is 1. The molecule has 1 aromatic carbocycles. The van der Waals surface area contributed by atoms with Crippen LogP contribution < -0.4 is 21.3 Å². The summed E-state index contributed by atoms with van der Waals surface area (Å²) in [6.07, 6.45) is 21.0. The van der Waals surface area contributed by atoms with Gasteiger partial charge in [-0.05, 0) is 102 Å². The quantitative estimate of drug-likeness (QED) is 0.0499. The van der Waals surface area contributed by atoms with Crippen LogP contribution in [0.4, 0.5) is 0 Å². The molecular formula is C55H91N7O3S. The maximum absolute atomic E-state index is 14.8. The van der Waals surface area contributed by atoms with Crippen LogP contribution in [-0.2, 0) is 20.7 Å². The van der Waals surface area contributed by atoms with E-state index in [9.17, 15) is 9.59 Å². The van der Waals surface area contributed by atoms with Crippen molar-refractivity contribution in [3.63, 3.8) is 0 Å². The van der Waals surface area contributed by atoms with Crippen molar-refractivity contribution in [1.29, 1.82) is 0 Å². The molecule has 1 saturated carbocycles. The van der Waals surface area contributed by atoms with Gasteiger partial charge in [0.2, 0.25) is 11.8 Å². The fourth-order valence-electron chi connectivity index (χ4n) is 9.13. The van der Waals surface area contributed by atoms with Gasteiger partial charge in [-0.3, -0.25) is 14.6 Å². The van der Waals surface area contributed by atoms with Crippen molar-refractivity contribution in [1.82, 2.24) is 31.1 Å². The van der Waals surface area contributed by atoms with E-state index in [2.05, 4.69) is 135 Å². The Labute approximate surface area is 406 Å². The van der Waals surface area contributed by atoms with Crippen LogP contribution in [0.25, 0.3) is 0 Å². The zero-order valence-electron chi connectivity index (χ0n) is 42.4. The number of benzene rings is 1. The first-order chi connectivity index (χ1) is 32.0. The first kappa shape index (κ1) is 56.2. The van der Waals surface area contributed by atoms with Crippen molar-refractivity contribution in [2.75, 3.05) is 45.0 Å². The van der Waals surface area contributed by atoms with Crippen LogP contribution in [0.5, 0.6) is 0 Å². The topological polar surface area (TPSA) is 110 Å². The molecule has 10 nitrogen and oxygen atoms in total. The Bertz CT molecular complexity index is 1680. The van der Waals surface area contributed by atoms with Crippen molar-refractivity contribution < 1.29 is 14.3 Å². The molecule has 1 aromatic rings. The molecule has 11 heteroatoms. The van der Waals surface area contributed by atoms with Gasteiger partial charge in [0.05, 0.1) is 18.3 Å². The molecule has 1 aliphatic heterocycles. The molecule has 370 valence electrons. The second kappa shape index (κ2) is 32.6. The molecule has 0 bridgehead atoms. The highest BCUT2D eigenvalue weighted by Gasteiger charge is 2.33. The molecule has 0 aromatic heterocycles. The lowest BCUT2D eigenvalue weighted by atomic mass is 9.82. The molecule has 1 heterocycles. The molecule has 1 fully saturated rings. The van der Waals surface area contributed by atoms with Crippen LogP contribution in [0.3, 0.4) is 0 Å². The zero-order chi connectivity index (χ0) is 48.1. The summed E-state index contributed by atoms with van der Waals surface area (Å²) in [4.78, 5) is 37.6. The Morgan fingerprint density at radius 3 is 2.23 bits per heavy atom. The fraction of sp³-hybridized carbons (Fsp3) is 0.655. The van der Waals surface area contributed by atoms with Crippen molar-refractivity contribution in [3.8, 4) is 0 Å². The standard InChI is InChI=1S/C55H91N7O3S/c1-11-26-50(42(7)57-41-48-31-23-24-35-56-48)59-53(63)33-25-32-51(47-29-21-18-22-30-47)60-55(64)54(44(9)66-39-14-4)58-43(8)52(40-46-27-19-17-20-28-46)65-45(10)61(16-6)38-34-49(15-5)62(36-12-2)37-13-3/h15,17,19-20,23,27-28,31,44,47,50-52,54,57-58H,7-8,10-14,16,18,21-22,24-26,29-30,32-41H2,1-6,9H3,(H,59,63)(H,60,64)/b49-15-/t44?,50?,51?,52?,54-/m0/s1. The predicted octanol–water partition coefficient (Wildman–Crippen LogP) is 10.9. The van der Waals surface area contributed by atoms with Gasteiger partial charge in [-0.15, -0.1) is 0 Å². The third kappa shape index (κ3) is 20.4. The minimum absolute atomic E-state index is 0.0189. The van der Waals surface area contributed by atoms with E-state index in [-0.39, 0.29) is 29.1 Å². The van der Waals surface area contributed by atoms with E-state index in [0.717, 1.165) is 132 Å². The highest BCUT2D eigenvalue weighted by Crippen LogP contribution is 2.30. The first-order valence-electron chi connectivity index (χ1n) is 25.8. The molecule has 3 rings (SSSR count). The second-order valence-electron chi connectivity index (χ2n) is 18.3. The molecule has 0 saturated heterocycles. The molecule has 0 radical (unpaired) electrons. The molecule has 66 heavy (non-hydrogen) atoms. The van der Waals surface area contributed by atoms with Crippen molar-refractivity contribution >= 4 is 29.3 Å². The lowest BCUT2D eigenvalue weighted by Gasteiger charge is -2.35. The average Bonchev–Trinajstić information content (AvgIpc) is 3.33. The van der Waals surface area contributed by atoms with Crippen LogP contribution in [0.1, 0.15) is 150 Å². The lowest BCUT2D eigenvalue weighted by Crippen LogP contribution is -2.54. The van der Waals surface area contributed by atoms with E-state index >= 15 is 0 Å². The molecule has 0 spiro atoms. The van der Waals surface area contributed by atoms with Gasteiger partial charge in [0.15, 0.2) is 5.88 Å². The SMILES string of the molecule is C=C(NCC1=NCCC=C1)C(CCC)NC(=O)CCCC(NC(=O)[C@@H](NC(=C)C(Cc1ccccc1)OC(=C)N(CC)CC/C(=C/C)N(CCC)CCC)C(C)SCCC)C1CCCCC1. The Kier molecular flexibility index (Phi) is 27.7. The number of nitrogens with zero attached hydrogens (tertiary/aromatic N) is 3. The minimum atomic E-state index is -0.537. The molecule has 1 aliphatic carbocycles. The largest absolute Gasteiger partial charge is 0.470 e. The smallest absolute Gasteiger partial charge is 0.243 e. The molecule has 2 aliphatic rings. The maximum Gasteiger partial charge on any atom is 0.243 e. The van der Waals surface area contributed by atoms with Gasteiger partial charge in [0.25, 0.3) is 0 Å². The summed E-state index contributed by atoms with van der Waals surface area (Å²) < 4.78 is 6.83. The highest BCUT2D eigenvalue weighted by molar-refractivity contribution is 7.99. The number of allylic oxidation sites excluding steroid dienone is 1. The number of amides is 2. The number of carbonyl (C=O) groups is 2. The predicted molar refractivity (Wildman–Crippen MR) is 283 cm³/mol. The summed E-state index contributed by atoms with van der Waals surface area (Å²) in [5, 5.41) is 13.9. The molecule has 4 N–H and O–H groups in total. The van der Waals surface area contributed by atoms with Gasteiger partial charge in [-0.1, -0.05) is 116 Å². The van der Waals surface area contributed by atoms with Crippen LogP contribution in [0, 0.1) is 5.92 Å². The average molecular weight is 930 g/mol. The zero-order valence-corrected chi connectivity index (χ0v) is 43.3. The second-order valence-corrected chi connectivity index (χ2v) is 19.8. The number of rotatable bonds is 35. The monoisotopic (exact) mass is 930 g/mol. The summed E-state index contributed by atoms with van der Waals surface area (Å²) in [6, 6.07) is 9.63. The summed E-state index contributed by atoms with van der Waals surface area (Å²) >= 11 is 1.81. The third-order valence-electron chi connectivity index (χ3n) is 12.9. The molecule has 4 unspecified atom stereocenters. The fourth-order valence-corrected chi connectivity index (χ4v) is 10.1. The van der Waals surface area contributed by atoms with Crippen LogP contribution in [-0.4, -0.2) is 102 Å². The summed E-state index contributed by atoms with van der Waals surface area (Å²) in [5.41, 5.74) is 4.97. The summed E-state index contributed by atoms with van der Waals surface area (Å²) in [6.45, 7) is 33.6. The van der Waals surface area contributed by atoms with Crippen molar-refractivity contribution in [2.24, 2.45) is 10.9 Å². The summed E-state index contributed by atoms with van der Waals surface area (Å²) in [7, 11) is 0. The van der Waals surface area contributed by atoms with E-state index in [1.807, 2.05) is 18.2 Å². The Hall–Kier alpha value is -4.12. The van der Waals surface area contributed by atoms with Crippen molar-refractivity contribution in [2.45, 2.75) is 181 Å². The van der Waals surface area contributed by atoms with Crippen LogP contribution in [0.15, 0.2) is 96.3 Å². The van der Waals surface area contributed by atoms with E-state index in [4.69, 9.17) is 4.74 Å². The normalized spacial score (nSPS) is 16.5. The Morgan fingerprint density at radius 1 is 0.879 bits per heavy atom. The number of nitrogens with one attached hydrogen (secondary N) is 4. The van der Waals surface area contributed by atoms with Gasteiger partial charge in [0.1, 0.15) is 12.1 Å². The van der Waals surface area contributed by atoms with Gasteiger partial charge >= 0.3 is 0 Å². The highest BCUT2D eigenvalue weighted by atomic mass is 32.2. The first-order valence-corrected chi connectivity index (χ1v) is 26.9. The Balaban J connectivity index is 1.76. The van der Waals surface area contributed by atoms with Gasteiger partial charge < -0.3 is 35.8 Å². The molecule has 2 amide bonds. The van der Waals surface area contributed by atoms with Crippen LogP contribution >= 0.6 is 11.8 Å². The van der Waals surface area contributed by atoms with Crippen molar-refractivity contribution in [3.05, 3.63) is 96.8 Å². The number of hydrogen-bond donors (Lipinski definition) is 4. The molecule has 5 atom stereocenters. The molecular weight excluding hydrogens is 839 g/mol. The maximum atomic E-state index is 14.8. The van der Waals surface area contributed by atoms with E-state index in [0.29, 0.717) is 43.3 Å². The van der Waals surface area contributed by atoms with Gasteiger partial charge in [-0.25, -0.2) is 0 Å². The minimum Gasteiger partial charge on any atom is -0.470 e. The van der Waals surface area contributed by atoms with E-state index in [1.165, 1.54) is 12.1 Å². The van der Waals surface area contributed by atoms with Gasteiger partial charge in [-0.2, -0.15) is 11.8 Å². The van der Waals surface area contributed by atoms with Crippen LogP contribution in [0.2, 0.25) is 0 Å². The summed E-state index contributed by atoms with van der Waals surface area (Å²) in [5.74, 6) is 1.92. The number of carbonyl (C=O) groups excluding carboxylic acids is 2. The van der Waals surface area contributed by atoms with Gasteiger partial charge in [0, 0.05) is 80.4 Å². The third-order valence-corrected chi connectivity index (χ3v) is 14.4. The number of dihydropyridines is 1. The number of hydrogen-bond acceptors (Lipinski definition) is 9. The number of thioether (sulfide) groups is 1. The lowest BCUT2D eigenvalue weighted by molar-refractivity contribution is -0.124. The van der Waals surface area contributed by atoms with E-state index < -0.39 is 12.1 Å².